The van der Waals surface area contributed by atoms with Crippen molar-refractivity contribution in [1.82, 2.24) is 0 Å². The Morgan fingerprint density at radius 2 is 2.10 bits per heavy atom. The molecule has 0 atom stereocenters. The van der Waals surface area contributed by atoms with E-state index in [9.17, 15) is 4.39 Å². The van der Waals surface area contributed by atoms with Crippen molar-refractivity contribution in [2.75, 3.05) is 11.9 Å². The summed E-state index contributed by atoms with van der Waals surface area (Å²) in [5.41, 5.74) is 1.67. The van der Waals surface area contributed by atoms with Gasteiger partial charge in [-0.05, 0) is 35.9 Å². The van der Waals surface area contributed by atoms with Crippen LogP contribution in [0.1, 0.15) is 5.56 Å². The van der Waals surface area contributed by atoms with Gasteiger partial charge in [-0.15, -0.1) is 0 Å². The lowest BCUT2D eigenvalue weighted by molar-refractivity contribution is 0.368. The minimum Gasteiger partial charge on any atom is -0.479 e. The molecule has 0 amide bonds. The smallest absolute Gasteiger partial charge is 0.174 e. The number of hydrogen-bond donors (Lipinski definition) is 1. The monoisotopic (exact) mass is 334 g/mol. The van der Waals surface area contributed by atoms with Crippen molar-refractivity contribution in [3.63, 3.8) is 0 Å². The molecule has 5 heteroatoms. The number of anilines is 1. The maximum absolute atomic E-state index is 13.2. The fraction of sp³-hybridized carbons (Fsp3) is 0.133. The van der Waals surface area contributed by atoms with E-state index in [0.29, 0.717) is 12.3 Å². The van der Waals surface area contributed by atoms with Crippen LogP contribution in [0.25, 0.3) is 0 Å². The molecular formula is C15H12BrFN2O. The second-order valence-corrected chi connectivity index (χ2v) is 4.92. The van der Waals surface area contributed by atoms with Crippen LogP contribution in [0.4, 0.5) is 10.1 Å². The molecule has 20 heavy (non-hydrogen) atoms. The second-order valence-electron chi connectivity index (χ2n) is 4.06. The van der Waals surface area contributed by atoms with Crippen LogP contribution in [0.3, 0.4) is 0 Å². The molecular weight excluding hydrogens is 323 g/mol. The van der Waals surface area contributed by atoms with Crippen molar-refractivity contribution in [1.29, 1.82) is 5.26 Å². The number of nitriles is 1. The Morgan fingerprint density at radius 3 is 2.90 bits per heavy atom. The molecule has 0 aliphatic heterocycles. The van der Waals surface area contributed by atoms with E-state index < -0.39 is 0 Å². The predicted octanol–water partition coefficient (Wildman–Crippen LogP) is 4.10. The van der Waals surface area contributed by atoms with Crippen LogP contribution < -0.4 is 10.1 Å². The second kappa shape index (κ2) is 6.92. The molecule has 2 rings (SSSR count). The molecule has 2 aromatic carbocycles. The Hall–Kier alpha value is -2.06. The first-order valence-electron chi connectivity index (χ1n) is 5.96. The molecule has 0 saturated heterocycles. The lowest BCUT2D eigenvalue weighted by Gasteiger charge is -2.10. The third-order valence-electron chi connectivity index (χ3n) is 2.63. The molecule has 2 aromatic rings. The van der Waals surface area contributed by atoms with Gasteiger partial charge in [0.25, 0.3) is 0 Å². The normalized spacial score (nSPS) is 9.85. The van der Waals surface area contributed by atoms with Crippen LogP contribution in [0, 0.1) is 17.1 Å². The molecule has 0 heterocycles. The molecule has 0 bridgehead atoms. The SMILES string of the molecule is N#CCOc1cccc(NCc2cc(F)ccc2Br)c1. The lowest BCUT2D eigenvalue weighted by atomic mass is 10.2. The van der Waals surface area contributed by atoms with E-state index in [1.165, 1.54) is 12.1 Å². The van der Waals surface area contributed by atoms with Crippen molar-refractivity contribution in [3.05, 3.63) is 58.3 Å². The van der Waals surface area contributed by atoms with Gasteiger partial charge >= 0.3 is 0 Å². The van der Waals surface area contributed by atoms with E-state index in [4.69, 9.17) is 10.00 Å². The average Bonchev–Trinajstić information content (AvgIpc) is 2.46. The average molecular weight is 335 g/mol. The van der Waals surface area contributed by atoms with Crippen molar-refractivity contribution in [2.45, 2.75) is 6.54 Å². The Kier molecular flexibility index (Phi) is 4.97. The fourth-order valence-corrected chi connectivity index (χ4v) is 2.07. The van der Waals surface area contributed by atoms with Crippen molar-refractivity contribution in [2.24, 2.45) is 0 Å². The molecule has 0 spiro atoms. The number of rotatable bonds is 5. The first-order chi connectivity index (χ1) is 9.69. The Morgan fingerprint density at radius 1 is 1.25 bits per heavy atom. The van der Waals surface area contributed by atoms with E-state index in [-0.39, 0.29) is 12.4 Å². The molecule has 0 aliphatic carbocycles. The van der Waals surface area contributed by atoms with Crippen LogP contribution in [-0.2, 0) is 6.54 Å². The van der Waals surface area contributed by atoms with Crippen LogP contribution in [0.15, 0.2) is 46.9 Å². The van der Waals surface area contributed by atoms with Crippen LogP contribution in [0.5, 0.6) is 5.75 Å². The maximum Gasteiger partial charge on any atom is 0.174 e. The zero-order valence-corrected chi connectivity index (χ0v) is 12.2. The summed E-state index contributed by atoms with van der Waals surface area (Å²) in [4.78, 5) is 0. The third kappa shape index (κ3) is 3.97. The first-order valence-corrected chi connectivity index (χ1v) is 6.76. The van der Waals surface area contributed by atoms with Crippen molar-refractivity contribution in [3.8, 4) is 11.8 Å². The van der Waals surface area contributed by atoms with Gasteiger partial charge in [0.2, 0.25) is 0 Å². The standard InChI is InChI=1S/C15H12BrFN2O/c16-15-5-4-12(17)8-11(15)10-19-13-2-1-3-14(9-13)20-7-6-18/h1-5,8-9,19H,7,10H2. The minimum atomic E-state index is -0.267. The predicted molar refractivity (Wildman–Crippen MR) is 79.0 cm³/mol. The van der Waals surface area contributed by atoms with Gasteiger partial charge in [-0.25, -0.2) is 4.39 Å². The quantitative estimate of drug-likeness (QED) is 0.895. The minimum absolute atomic E-state index is 0.0128. The van der Waals surface area contributed by atoms with E-state index in [0.717, 1.165) is 15.7 Å². The molecule has 0 radical (unpaired) electrons. The van der Waals surface area contributed by atoms with E-state index in [1.807, 2.05) is 18.2 Å². The largest absolute Gasteiger partial charge is 0.479 e. The highest BCUT2D eigenvalue weighted by Gasteiger charge is 2.02. The number of benzene rings is 2. The fourth-order valence-electron chi connectivity index (χ4n) is 1.69. The molecule has 0 aliphatic rings. The highest BCUT2D eigenvalue weighted by molar-refractivity contribution is 9.10. The zero-order chi connectivity index (χ0) is 14.4. The van der Waals surface area contributed by atoms with Crippen LogP contribution >= 0.6 is 15.9 Å². The van der Waals surface area contributed by atoms with Gasteiger partial charge in [0.05, 0.1) is 0 Å². The molecule has 0 fully saturated rings. The summed E-state index contributed by atoms with van der Waals surface area (Å²) < 4.78 is 19.2. The van der Waals surface area contributed by atoms with Gasteiger partial charge in [0, 0.05) is 22.8 Å². The zero-order valence-electron chi connectivity index (χ0n) is 10.6. The number of nitrogens with one attached hydrogen (secondary N) is 1. The summed E-state index contributed by atoms with van der Waals surface area (Å²) in [6, 6.07) is 13.8. The summed E-state index contributed by atoms with van der Waals surface area (Å²) in [6.45, 7) is 0.499. The Balaban J connectivity index is 2.03. The van der Waals surface area contributed by atoms with Gasteiger partial charge in [0.1, 0.15) is 17.6 Å². The van der Waals surface area contributed by atoms with Gasteiger partial charge in [-0.1, -0.05) is 22.0 Å². The van der Waals surface area contributed by atoms with Crippen molar-refractivity contribution >= 4 is 21.6 Å². The van der Waals surface area contributed by atoms with Crippen LogP contribution in [0.2, 0.25) is 0 Å². The maximum atomic E-state index is 13.2. The highest BCUT2D eigenvalue weighted by atomic mass is 79.9. The highest BCUT2D eigenvalue weighted by Crippen LogP contribution is 2.21. The summed E-state index contributed by atoms with van der Waals surface area (Å²) >= 11 is 3.39. The third-order valence-corrected chi connectivity index (χ3v) is 3.40. The van der Waals surface area contributed by atoms with Crippen LogP contribution in [-0.4, -0.2) is 6.61 Å². The summed E-state index contributed by atoms with van der Waals surface area (Å²) in [7, 11) is 0. The van der Waals surface area contributed by atoms with Gasteiger partial charge in [-0.3, -0.25) is 0 Å². The Labute approximate surface area is 125 Å². The van der Waals surface area contributed by atoms with E-state index in [2.05, 4.69) is 21.2 Å². The molecule has 0 unspecified atom stereocenters. The van der Waals surface area contributed by atoms with E-state index in [1.54, 1.807) is 18.2 Å². The van der Waals surface area contributed by atoms with Crippen molar-refractivity contribution < 1.29 is 9.13 Å². The molecule has 1 N–H and O–H groups in total. The number of ether oxygens (including phenoxy) is 1. The number of hydrogen-bond acceptors (Lipinski definition) is 3. The summed E-state index contributed by atoms with van der Waals surface area (Å²) in [5, 5.41) is 11.7. The summed E-state index contributed by atoms with van der Waals surface area (Å²) in [6.07, 6.45) is 0. The molecule has 3 nitrogen and oxygen atoms in total. The summed E-state index contributed by atoms with van der Waals surface area (Å²) in [5.74, 6) is 0.353. The lowest BCUT2D eigenvalue weighted by Crippen LogP contribution is -2.01. The number of nitrogens with zero attached hydrogens (tertiary/aromatic N) is 1. The molecule has 0 aromatic heterocycles. The van der Waals surface area contributed by atoms with Gasteiger partial charge in [0.15, 0.2) is 6.61 Å². The van der Waals surface area contributed by atoms with E-state index >= 15 is 0 Å². The molecule has 0 saturated carbocycles. The molecule has 102 valence electrons. The topological polar surface area (TPSA) is 45.0 Å². The number of halogens is 2. The Bertz CT molecular complexity index is 640. The first kappa shape index (κ1) is 14.4. The van der Waals surface area contributed by atoms with Gasteiger partial charge in [-0.2, -0.15) is 5.26 Å². The van der Waals surface area contributed by atoms with Gasteiger partial charge < -0.3 is 10.1 Å².